The number of hydrogen-bond acceptors (Lipinski definition) is 8. The van der Waals surface area contributed by atoms with Crippen LogP contribution < -0.4 is 16.1 Å². The first kappa shape index (κ1) is 44.7. The van der Waals surface area contributed by atoms with Crippen LogP contribution in [0.15, 0.2) is 84.9 Å². The molecule has 292 valence electrons. The number of alkyl halides is 4. The lowest BCUT2D eigenvalue weighted by Crippen LogP contribution is -2.29. The largest absolute Gasteiger partial charge is 0.488 e. The highest BCUT2D eigenvalue weighted by Gasteiger charge is 2.25. The van der Waals surface area contributed by atoms with E-state index < -0.39 is 54.8 Å². The molecule has 0 bridgehead atoms. The highest BCUT2D eigenvalue weighted by atomic mass is 127. The molecule has 2 aromatic heterocycles. The van der Waals surface area contributed by atoms with Crippen LogP contribution in [-0.4, -0.2) is 38.9 Å². The third-order valence-corrected chi connectivity index (χ3v) is 10.6. The maximum Gasteiger partial charge on any atom is 0.488 e. The molecule has 56 heavy (non-hydrogen) atoms. The molecule has 0 radical (unpaired) electrons. The van der Waals surface area contributed by atoms with Crippen molar-refractivity contribution in [3.05, 3.63) is 141 Å². The number of aromatic nitrogens is 2. The van der Waals surface area contributed by atoms with E-state index in [1.165, 1.54) is 30.3 Å². The van der Waals surface area contributed by atoms with Gasteiger partial charge in [0.25, 0.3) is 24.7 Å². The molecule has 6 aromatic rings. The Kier molecular flexibility index (Phi) is 16.3. The number of benzene rings is 4. The number of carbonyl (C=O) groups is 2. The van der Waals surface area contributed by atoms with Crippen LogP contribution in [0.3, 0.4) is 0 Å². The minimum Gasteiger partial charge on any atom is -0.423 e. The van der Waals surface area contributed by atoms with Gasteiger partial charge >= 0.3 is 7.12 Å². The van der Waals surface area contributed by atoms with Gasteiger partial charge in [-0.2, -0.15) is 0 Å². The first-order chi connectivity index (χ1) is 26.5. The standard InChI is InChI=1S/C18H12ClF3N2OS.C12H9F2IN2OS.C6H5BClFO2/c1-9-23-15(17(21)22)16(26-9)18(25)24-14-5-3-2-4-11(14)10-6-7-13(20)12(19)8-10;1-6-16-9(11(13)14)10(19-6)12(18)17-8-5-3-2-4-7(8)15;8-5-3-4(7(10)11)1-2-6(5)9/h2-8,17H,1H3,(H,24,25);2-5,11H,1H3,(H,17,18);1-3,10-11H. The van der Waals surface area contributed by atoms with E-state index in [0.717, 1.165) is 32.3 Å². The molecule has 4 N–H and O–H groups in total. The predicted molar refractivity (Wildman–Crippen MR) is 217 cm³/mol. The second kappa shape index (κ2) is 20.4. The van der Waals surface area contributed by atoms with Crippen LogP contribution in [0.1, 0.15) is 53.6 Å². The number of rotatable bonds is 8. The summed E-state index contributed by atoms with van der Waals surface area (Å²) in [5, 5.41) is 23.1. The number of aryl methyl sites for hydroxylation is 2. The second-order valence-corrected chi connectivity index (χ2v) is 15.5. The van der Waals surface area contributed by atoms with Crippen LogP contribution in [0.2, 0.25) is 10.0 Å². The molecule has 0 aliphatic heterocycles. The summed E-state index contributed by atoms with van der Waals surface area (Å²) in [6.45, 7) is 3.15. The van der Waals surface area contributed by atoms with Crippen molar-refractivity contribution >= 4 is 104 Å². The average molecular weight is 965 g/mol. The molecule has 0 fully saturated rings. The molecule has 0 unspecified atom stereocenters. The molecule has 0 saturated heterocycles. The third kappa shape index (κ3) is 12.0. The van der Waals surface area contributed by atoms with Crippen LogP contribution in [0, 0.1) is 29.1 Å². The minimum atomic E-state index is -2.84. The lowest BCUT2D eigenvalue weighted by molar-refractivity contribution is 0.100. The van der Waals surface area contributed by atoms with E-state index in [1.807, 2.05) is 12.1 Å². The van der Waals surface area contributed by atoms with Crippen molar-refractivity contribution in [1.29, 1.82) is 0 Å². The second-order valence-electron chi connectivity index (χ2n) is 11.1. The van der Waals surface area contributed by atoms with E-state index in [0.29, 0.717) is 32.5 Å². The molecule has 4 aromatic carbocycles. The Hall–Kier alpha value is -4.05. The van der Waals surface area contributed by atoms with E-state index in [9.17, 15) is 35.9 Å². The van der Waals surface area contributed by atoms with Crippen molar-refractivity contribution in [2.75, 3.05) is 10.6 Å². The number of halogens is 9. The van der Waals surface area contributed by atoms with Gasteiger partial charge in [-0.25, -0.2) is 36.3 Å². The molecule has 0 saturated carbocycles. The number of carbonyl (C=O) groups excluding carboxylic acids is 2. The third-order valence-electron chi connectivity index (χ3n) is 7.12. The summed E-state index contributed by atoms with van der Waals surface area (Å²) in [7, 11) is -1.60. The molecule has 0 aliphatic carbocycles. The maximum atomic E-state index is 13.4. The average Bonchev–Trinajstić information content (AvgIpc) is 3.75. The van der Waals surface area contributed by atoms with Gasteiger partial charge in [-0.1, -0.05) is 65.7 Å². The Morgan fingerprint density at radius 2 is 1.18 bits per heavy atom. The van der Waals surface area contributed by atoms with Crippen LogP contribution in [0.5, 0.6) is 0 Å². The maximum absolute atomic E-state index is 13.4. The molecule has 0 spiro atoms. The van der Waals surface area contributed by atoms with Crippen molar-refractivity contribution in [3.8, 4) is 11.1 Å². The summed E-state index contributed by atoms with van der Waals surface area (Å²) in [4.78, 5) is 31.8. The number of anilines is 2. The first-order valence-electron chi connectivity index (χ1n) is 15.7. The van der Waals surface area contributed by atoms with E-state index in [-0.39, 0.29) is 25.3 Å². The number of nitrogens with one attached hydrogen (secondary N) is 2. The van der Waals surface area contributed by atoms with Gasteiger partial charge in [0.2, 0.25) is 0 Å². The van der Waals surface area contributed by atoms with E-state index in [2.05, 4.69) is 43.2 Å². The van der Waals surface area contributed by atoms with Crippen molar-refractivity contribution < 1.29 is 46.0 Å². The number of nitrogens with zero attached hydrogens (tertiary/aromatic N) is 2. The van der Waals surface area contributed by atoms with E-state index in [1.54, 1.807) is 50.2 Å². The summed E-state index contributed by atoms with van der Waals surface area (Å²) in [6, 6.07) is 21.6. The molecule has 20 heteroatoms. The molecular weight excluding hydrogens is 939 g/mol. The minimum absolute atomic E-state index is 0.0350. The number of thiazole rings is 2. The quantitative estimate of drug-likeness (QED) is 0.0684. The SMILES string of the molecule is Cc1nc(C(F)F)c(C(=O)Nc2ccccc2-c2ccc(F)c(Cl)c2)s1.Cc1nc(C(F)F)c(C(=O)Nc2ccccc2I)s1.OB(O)c1ccc(F)c(Cl)c1. The van der Waals surface area contributed by atoms with Crippen LogP contribution in [0.25, 0.3) is 11.1 Å². The van der Waals surface area contributed by atoms with Gasteiger partial charge in [-0.05, 0) is 89.9 Å². The molecule has 2 amide bonds. The summed E-state index contributed by atoms with van der Waals surface area (Å²) in [5.41, 5.74) is 1.35. The van der Waals surface area contributed by atoms with Gasteiger partial charge < -0.3 is 20.7 Å². The van der Waals surface area contributed by atoms with Gasteiger partial charge in [0.1, 0.15) is 32.8 Å². The molecule has 2 heterocycles. The fourth-order valence-corrected chi connectivity index (χ4v) is 7.15. The lowest BCUT2D eigenvalue weighted by atomic mass is 9.80. The summed E-state index contributed by atoms with van der Waals surface area (Å²) >= 11 is 15.1. The monoisotopic (exact) mass is 964 g/mol. The smallest absolute Gasteiger partial charge is 0.423 e. The first-order valence-corrected chi connectivity index (χ1v) is 19.2. The van der Waals surface area contributed by atoms with Gasteiger partial charge in [0, 0.05) is 14.8 Å². The summed E-state index contributed by atoms with van der Waals surface area (Å²) in [6.07, 6.45) is -5.59. The fourth-order valence-electron chi connectivity index (χ4n) is 4.61. The molecule has 0 atom stereocenters. The molecule has 8 nitrogen and oxygen atoms in total. The Bertz CT molecular complexity index is 2340. The van der Waals surface area contributed by atoms with Gasteiger partial charge in [0.15, 0.2) is 0 Å². The van der Waals surface area contributed by atoms with Gasteiger partial charge in [-0.15, -0.1) is 22.7 Å². The van der Waals surface area contributed by atoms with Crippen molar-refractivity contribution in [2.24, 2.45) is 0 Å². The van der Waals surface area contributed by atoms with Crippen LogP contribution in [-0.2, 0) is 0 Å². The van der Waals surface area contributed by atoms with Crippen LogP contribution >= 0.6 is 68.5 Å². The molecular formula is C36H26BCl2F6IN4O4S2. The summed E-state index contributed by atoms with van der Waals surface area (Å²) < 4.78 is 78.4. The zero-order valence-electron chi connectivity index (χ0n) is 28.6. The van der Waals surface area contributed by atoms with Crippen LogP contribution in [0.4, 0.5) is 37.7 Å². The normalized spacial score (nSPS) is 10.7. The number of amides is 2. The zero-order valence-corrected chi connectivity index (χ0v) is 33.9. The lowest BCUT2D eigenvalue weighted by Gasteiger charge is -2.11. The van der Waals surface area contributed by atoms with Crippen molar-refractivity contribution in [1.82, 2.24) is 9.97 Å². The molecule has 6 rings (SSSR count). The fraction of sp³-hybridized carbons (Fsp3) is 0.111. The van der Waals surface area contributed by atoms with Gasteiger partial charge in [-0.3, -0.25) is 9.59 Å². The highest BCUT2D eigenvalue weighted by molar-refractivity contribution is 14.1. The Balaban J connectivity index is 0.000000203. The Morgan fingerprint density at radius 3 is 1.66 bits per heavy atom. The molecule has 0 aliphatic rings. The van der Waals surface area contributed by atoms with E-state index >= 15 is 0 Å². The Morgan fingerprint density at radius 1 is 0.714 bits per heavy atom. The predicted octanol–water partition coefficient (Wildman–Crippen LogP) is 10.5. The Labute approximate surface area is 347 Å². The van der Waals surface area contributed by atoms with E-state index in [4.69, 9.17) is 33.2 Å². The number of hydrogen-bond donors (Lipinski definition) is 4. The summed E-state index contributed by atoms with van der Waals surface area (Å²) in [5.74, 6) is -2.36. The van der Waals surface area contributed by atoms with Gasteiger partial charge in [0.05, 0.1) is 25.7 Å². The highest BCUT2D eigenvalue weighted by Crippen LogP contribution is 2.33. The van der Waals surface area contributed by atoms with Crippen molar-refractivity contribution in [3.63, 3.8) is 0 Å². The zero-order chi connectivity index (χ0) is 41.3. The topological polar surface area (TPSA) is 124 Å². The number of para-hydroxylation sites is 2. The van der Waals surface area contributed by atoms with Crippen molar-refractivity contribution in [2.45, 2.75) is 26.7 Å².